The molecule has 0 aromatic carbocycles. The molecule has 0 radical (unpaired) electrons. The number of fused-ring (bicyclic) bond motifs is 2. The van der Waals surface area contributed by atoms with Crippen LogP contribution in [0.2, 0.25) is 0 Å². The van der Waals surface area contributed by atoms with Crippen molar-refractivity contribution in [3.63, 3.8) is 0 Å². The van der Waals surface area contributed by atoms with Crippen molar-refractivity contribution >= 4 is 22.3 Å². The highest BCUT2D eigenvalue weighted by molar-refractivity contribution is 7.80. The summed E-state index contributed by atoms with van der Waals surface area (Å²) in [5.41, 5.74) is 0. The van der Waals surface area contributed by atoms with Gasteiger partial charge in [-0.15, -0.1) is 4.28 Å². The molecule has 3 fully saturated rings. The molecule has 3 amide bonds. The highest BCUT2D eigenvalue weighted by atomic mass is 32.3. The van der Waals surface area contributed by atoms with Gasteiger partial charge in [0.2, 0.25) is 5.91 Å². The van der Waals surface area contributed by atoms with Crippen molar-refractivity contribution in [2.75, 3.05) is 26.2 Å². The van der Waals surface area contributed by atoms with Crippen LogP contribution < -0.4 is 10.6 Å². The largest absolute Gasteiger partial charge is 0.418 e. The molecular formula is C12H20N4O6S. The summed E-state index contributed by atoms with van der Waals surface area (Å²) in [5, 5.41) is 6.72. The SMILES string of the molecule is O=C(NCC1CCNC1)[C@@H]1CC[C@@H]2CN1C(=O)N2OS(=O)(=O)O. The number of carbonyl (C=O) groups is 2. The lowest BCUT2D eigenvalue weighted by Gasteiger charge is -2.29. The van der Waals surface area contributed by atoms with Crippen LogP contribution in [-0.4, -0.2) is 73.1 Å². The Morgan fingerprint density at radius 2 is 2.17 bits per heavy atom. The Hall–Kier alpha value is -1.43. The summed E-state index contributed by atoms with van der Waals surface area (Å²) in [6, 6.07) is -1.83. The molecule has 0 spiro atoms. The molecule has 3 heterocycles. The number of carbonyl (C=O) groups excluding carboxylic acids is 2. The van der Waals surface area contributed by atoms with Gasteiger partial charge in [-0.3, -0.25) is 9.35 Å². The molecule has 3 aliphatic heterocycles. The van der Waals surface area contributed by atoms with E-state index >= 15 is 0 Å². The van der Waals surface area contributed by atoms with E-state index in [0.717, 1.165) is 19.5 Å². The first kappa shape index (κ1) is 16.4. The fraction of sp³-hybridized carbons (Fsp3) is 0.833. The summed E-state index contributed by atoms with van der Waals surface area (Å²) in [6.07, 6.45) is 1.86. The second kappa shape index (κ2) is 6.23. The van der Waals surface area contributed by atoms with Gasteiger partial charge in [-0.05, 0) is 38.3 Å². The van der Waals surface area contributed by atoms with Gasteiger partial charge in [-0.2, -0.15) is 13.5 Å². The van der Waals surface area contributed by atoms with Gasteiger partial charge in [-0.1, -0.05) is 0 Å². The van der Waals surface area contributed by atoms with E-state index in [1.807, 2.05) is 0 Å². The van der Waals surface area contributed by atoms with Crippen molar-refractivity contribution in [3.05, 3.63) is 0 Å². The molecule has 23 heavy (non-hydrogen) atoms. The minimum absolute atomic E-state index is 0.206. The number of nitrogens with one attached hydrogen (secondary N) is 2. The van der Waals surface area contributed by atoms with Crippen LogP contribution in [-0.2, 0) is 19.5 Å². The van der Waals surface area contributed by atoms with Crippen molar-refractivity contribution in [3.8, 4) is 0 Å². The predicted molar refractivity (Wildman–Crippen MR) is 77.4 cm³/mol. The summed E-state index contributed by atoms with van der Waals surface area (Å²) in [6.45, 7) is 2.57. The molecule has 0 saturated carbocycles. The molecule has 10 nitrogen and oxygen atoms in total. The number of nitrogens with zero attached hydrogens (tertiary/aromatic N) is 2. The number of amides is 3. The maximum atomic E-state index is 12.3. The summed E-state index contributed by atoms with van der Waals surface area (Å²) in [4.78, 5) is 25.8. The highest BCUT2D eigenvalue weighted by Gasteiger charge is 2.49. The van der Waals surface area contributed by atoms with E-state index in [0.29, 0.717) is 30.4 Å². The summed E-state index contributed by atoms with van der Waals surface area (Å²) in [7, 11) is -4.77. The lowest BCUT2D eigenvalue weighted by atomic mass is 10.00. The summed E-state index contributed by atoms with van der Waals surface area (Å²) >= 11 is 0. The second-order valence-corrected chi connectivity index (χ2v) is 7.12. The van der Waals surface area contributed by atoms with Gasteiger partial charge in [0.05, 0.1) is 6.04 Å². The van der Waals surface area contributed by atoms with Crippen molar-refractivity contribution in [2.24, 2.45) is 5.92 Å². The third kappa shape index (κ3) is 3.57. The number of hydrogen-bond acceptors (Lipinski definition) is 6. The van der Waals surface area contributed by atoms with E-state index in [1.165, 1.54) is 4.90 Å². The standard InChI is InChI=1S/C12H20N4O6S/c17-11(14-6-8-3-4-13-5-8)10-2-1-9-7-15(10)12(18)16(9)22-23(19,20)21/h8-10,13H,1-7H2,(H,14,17)(H,19,20,21)/t8?,9-,10+/m1/s1. The fourth-order valence-corrected chi connectivity index (χ4v) is 3.74. The Labute approximate surface area is 134 Å². The smallest absolute Gasteiger partial charge is 0.354 e. The van der Waals surface area contributed by atoms with Gasteiger partial charge in [0.15, 0.2) is 0 Å². The molecule has 1 unspecified atom stereocenters. The monoisotopic (exact) mass is 348 g/mol. The molecule has 0 aromatic heterocycles. The first-order chi connectivity index (χ1) is 10.8. The minimum atomic E-state index is -4.77. The third-order valence-electron chi connectivity index (χ3n) is 4.53. The van der Waals surface area contributed by atoms with Crippen LogP contribution >= 0.6 is 0 Å². The Morgan fingerprint density at radius 3 is 2.83 bits per heavy atom. The van der Waals surface area contributed by atoms with Crippen LogP contribution in [0.1, 0.15) is 19.3 Å². The molecule has 3 rings (SSSR count). The van der Waals surface area contributed by atoms with Crippen LogP contribution in [0.4, 0.5) is 4.79 Å². The lowest BCUT2D eigenvalue weighted by molar-refractivity contribution is -0.126. The van der Waals surface area contributed by atoms with Gasteiger partial charge in [0.25, 0.3) is 0 Å². The van der Waals surface area contributed by atoms with Gasteiger partial charge in [0, 0.05) is 13.1 Å². The number of urea groups is 1. The van der Waals surface area contributed by atoms with Crippen LogP contribution in [0.3, 0.4) is 0 Å². The van der Waals surface area contributed by atoms with Gasteiger partial charge in [0.1, 0.15) is 6.04 Å². The molecule has 0 aliphatic carbocycles. The lowest BCUT2D eigenvalue weighted by Crippen LogP contribution is -2.50. The first-order valence-corrected chi connectivity index (χ1v) is 8.97. The zero-order valence-corrected chi connectivity index (χ0v) is 13.3. The Morgan fingerprint density at radius 1 is 1.39 bits per heavy atom. The molecule has 3 N–H and O–H groups in total. The average molecular weight is 348 g/mol. The van der Waals surface area contributed by atoms with Crippen molar-refractivity contribution < 1.29 is 26.8 Å². The van der Waals surface area contributed by atoms with Gasteiger partial charge < -0.3 is 15.5 Å². The molecule has 11 heteroatoms. The maximum absolute atomic E-state index is 12.3. The molecular weight excluding hydrogens is 328 g/mol. The third-order valence-corrected chi connectivity index (χ3v) is 4.88. The molecule has 0 aromatic rings. The van der Waals surface area contributed by atoms with E-state index in [9.17, 15) is 18.0 Å². The summed E-state index contributed by atoms with van der Waals surface area (Å²) in [5.74, 6) is 0.154. The highest BCUT2D eigenvalue weighted by Crippen LogP contribution is 2.30. The maximum Gasteiger partial charge on any atom is 0.418 e. The number of hydroxylamine groups is 2. The van der Waals surface area contributed by atoms with Crippen LogP contribution in [0.25, 0.3) is 0 Å². The first-order valence-electron chi connectivity index (χ1n) is 7.60. The van der Waals surface area contributed by atoms with Crippen LogP contribution in [0.15, 0.2) is 0 Å². The number of rotatable bonds is 5. The van der Waals surface area contributed by atoms with Gasteiger partial charge >= 0.3 is 16.4 Å². The average Bonchev–Trinajstić information content (AvgIpc) is 3.08. The normalized spacial score (nSPS) is 30.8. The van der Waals surface area contributed by atoms with Crippen molar-refractivity contribution in [1.82, 2.24) is 20.6 Å². The van der Waals surface area contributed by atoms with E-state index in [1.54, 1.807) is 0 Å². The predicted octanol–water partition coefficient (Wildman–Crippen LogP) is -1.28. The fourth-order valence-electron chi connectivity index (χ4n) is 3.36. The van der Waals surface area contributed by atoms with E-state index < -0.39 is 28.5 Å². The van der Waals surface area contributed by atoms with Crippen molar-refractivity contribution in [1.29, 1.82) is 0 Å². The number of piperidine rings is 1. The molecule has 2 bridgehead atoms. The molecule has 3 aliphatic rings. The van der Waals surface area contributed by atoms with Gasteiger partial charge in [-0.25, -0.2) is 4.79 Å². The molecule has 3 atom stereocenters. The summed E-state index contributed by atoms with van der Waals surface area (Å²) < 4.78 is 34.7. The number of hydrogen-bond donors (Lipinski definition) is 3. The van der Waals surface area contributed by atoms with E-state index in [4.69, 9.17) is 4.55 Å². The van der Waals surface area contributed by atoms with Crippen molar-refractivity contribution in [2.45, 2.75) is 31.3 Å². The Balaban J connectivity index is 1.60. The molecule has 3 saturated heterocycles. The Bertz CT molecular complexity index is 590. The van der Waals surface area contributed by atoms with E-state index in [2.05, 4.69) is 14.9 Å². The van der Waals surface area contributed by atoms with Crippen LogP contribution in [0, 0.1) is 5.92 Å². The quantitative estimate of drug-likeness (QED) is 0.528. The topological polar surface area (TPSA) is 128 Å². The Kier molecular flexibility index (Phi) is 4.45. The zero-order valence-electron chi connectivity index (χ0n) is 12.5. The minimum Gasteiger partial charge on any atom is -0.354 e. The van der Waals surface area contributed by atoms with Crippen LogP contribution in [0.5, 0.6) is 0 Å². The zero-order chi connectivity index (χ0) is 16.6. The molecule has 130 valence electrons. The van der Waals surface area contributed by atoms with E-state index in [-0.39, 0.29) is 12.5 Å². The second-order valence-electron chi connectivity index (χ2n) is 6.11.